The maximum absolute atomic E-state index is 13.2. The monoisotopic (exact) mass is 362 g/mol. The molecule has 5 nitrogen and oxygen atoms in total. The largest absolute Gasteiger partial charge is 0.367 e. The highest BCUT2D eigenvalue weighted by molar-refractivity contribution is 7.55. The van der Waals surface area contributed by atoms with Gasteiger partial charge in [-0.25, -0.2) is 0 Å². The van der Waals surface area contributed by atoms with Crippen molar-refractivity contribution >= 4 is 13.4 Å². The van der Waals surface area contributed by atoms with Crippen LogP contribution in [0.4, 0.5) is 0 Å². The smallest absolute Gasteiger partial charge is 0.353 e. The third-order valence-corrected chi connectivity index (χ3v) is 5.63. The summed E-state index contributed by atoms with van der Waals surface area (Å²) < 4.78 is 29.6. The number of ether oxygens (including phenoxy) is 1. The molecule has 0 spiro atoms. The minimum absolute atomic E-state index is 0.133. The predicted octanol–water partition coefficient (Wildman–Crippen LogP) is 4.68. The molecule has 2 aromatic carbocycles. The number of carbonyl (C=O) groups is 1. The van der Waals surface area contributed by atoms with Crippen molar-refractivity contribution in [3.8, 4) is 0 Å². The Morgan fingerprint density at radius 1 is 0.920 bits per heavy atom. The fraction of sp³-hybridized carbons (Fsp3) is 0.316. The lowest BCUT2D eigenvalue weighted by molar-refractivity contribution is 0.0464. The molecule has 2 rings (SSSR count). The van der Waals surface area contributed by atoms with Gasteiger partial charge in [-0.2, -0.15) is 0 Å². The second-order valence-electron chi connectivity index (χ2n) is 5.25. The molecule has 0 aliphatic rings. The third kappa shape index (κ3) is 5.35. The number of Topliss-reactive ketones (excluding diaryl/α,β-unsaturated/α-hetero) is 1. The fourth-order valence-corrected chi connectivity index (χ4v) is 4.10. The lowest BCUT2D eigenvalue weighted by Gasteiger charge is -2.25. The zero-order valence-corrected chi connectivity index (χ0v) is 15.4. The molecule has 0 heterocycles. The molecular weight excluding hydrogens is 339 g/mol. The number of carbonyl (C=O) groups excluding carboxylic acids is 1. The van der Waals surface area contributed by atoms with Crippen molar-refractivity contribution in [1.29, 1.82) is 0 Å². The first-order valence-electron chi connectivity index (χ1n) is 8.24. The number of benzene rings is 2. The molecule has 0 N–H and O–H groups in total. The van der Waals surface area contributed by atoms with Crippen molar-refractivity contribution < 1.29 is 23.1 Å². The van der Waals surface area contributed by atoms with E-state index in [1.165, 1.54) is 0 Å². The molecule has 0 amide bonds. The van der Waals surface area contributed by atoms with E-state index in [4.69, 9.17) is 13.8 Å². The van der Waals surface area contributed by atoms with Crippen LogP contribution >= 0.6 is 7.60 Å². The van der Waals surface area contributed by atoms with Crippen LogP contribution in [0.2, 0.25) is 0 Å². The summed E-state index contributed by atoms with van der Waals surface area (Å²) in [6, 6.07) is 18.0. The average molecular weight is 362 g/mol. The van der Waals surface area contributed by atoms with Gasteiger partial charge in [0.2, 0.25) is 11.6 Å². The molecule has 0 aliphatic carbocycles. The number of ketones is 1. The first kappa shape index (κ1) is 19.5. The zero-order chi connectivity index (χ0) is 18.1. The van der Waals surface area contributed by atoms with Crippen molar-refractivity contribution in [2.45, 2.75) is 26.3 Å². The number of hydrogen-bond acceptors (Lipinski definition) is 5. The molecular formula is C19H23O5P. The molecule has 25 heavy (non-hydrogen) atoms. The van der Waals surface area contributed by atoms with E-state index in [1.54, 1.807) is 44.2 Å². The highest BCUT2D eigenvalue weighted by atomic mass is 31.2. The van der Waals surface area contributed by atoms with Gasteiger partial charge in [0.05, 0.1) is 19.8 Å². The highest BCUT2D eigenvalue weighted by Gasteiger charge is 2.42. The number of rotatable bonds is 10. The minimum atomic E-state index is -3.76. The summed E-state index contributed by atoms with van der Waals surface area (Å²) in [5, 5.41) is 0. The molecule has 1 atom stereocenters. The van der Waals surface area contributed by atoms with Crippen molar-refractivity contribution in [3.63, 3.8) is 0 Å². The van der Waals surface area contributed by atoms with Gasteiger partial charge >= 0.3 is 7.60 Å². The van der Waals surface area contributed by atoms with Gasteiger partial charge < -0.3 is 13.8 Å². The first-order chi connectivity index (χ1) is 12.1. The zero-order valence-electron chi connectivity index (χ0n) is 14.5. The Morgan fingerprint density at radius 2 is 1.44 bits per heavy atom. The molecule has 1 unspecified atom stereocenters. The fourth-order valence-electron chi connectivity index (χ4n) is 2.34. The van der Waals surface area contributed by atoms with Gasteiger partial charge in [-0.3, -0.25) is 9.36 Å². The lowest BCUT2D eigenvalue weighted by Crippen LogP contribution is -2.27. The van der Waals surface area contributed by atoms with Crippen molar-refractivity contribution in [3.05, 3.63) is 71.8 Å². The van der Waals surface area contributed by atoms with Crippen LogP contribution in [0.15, 0.2) is 60.7 Å². The molecule has 0 aliphatic heterocycles. The summed E-state index contributed by atoms with van der Waals surface area (Å²) in [4.78, 5) is 12.9. The topological polar surface area (TPSA) is 61.8 Å². The SMILES string of the molecule is CCOP(=O)(OCC)C(OCc1ccccc1)C(=O)c1ccccc1. The quantitative estimate of drug-likeness (QED) is 0.454. The van der Waals surface area contributed by atoms with Crippen LogP contribution in [0.25, 0.3) is 0 Å². The van der Waals surface area contributed by atoms with Crippen molar-refractivity contribution in [2.75, 3.05) is 13.2 Å². The lowest BCUT2D eigenvalue weighted by atomic mass is 10.1. The van der Waals surface area contributed by atoms with Gasteiger partial charge in [-0.05, 0) is 19.4 Å². The van der Waals surface area contributed by atoms with Crippen LogP contribution in [-0.2, 0) is 25.0 Å². The summed E-state index contributed by atoms with van der Waals surface area (Å²) in [7, 11) is -3.76. The second-order valence-corrected chi connectivity index (χ2v) is 7.32. The number of hydrogen-bond donors (Lipinski definition) is 0. The maximum atomic E-state index is 13.2. The first-order valence-corrected chi connectivity index (χ1v) is 9.85. The van der Waals surface area contributed by atoms with Crippen LogP contribution in [0.3, 0.4) is 0 Å². The van der Waals surface area contributed by atoms with Crippen molar-refractivity contribution in [1.82, 2.24) is 0 Å². The Balaban J connectivity index is 2.29. The van der Waals surface area contributed by atoms with E-state index in [9.17, 15) is 9.36 Å². The summed E-state index contributed by atoms with van der Waals surface area (Å²) in [5.74, 6) is -1.73. The normalized spacial score (nSPS) is 12.7. The van der Waals surface area contributed by atoms with E-state index in [2.05, 4.69) is 0 Å². The van der Waals surface area contributed by atoms with Gasteiger partial charge in [0, 0.05) is 5.56 Å². The van der Waals surface area contributed by atoms with E-state index in [1.807, 2.05) is 30.3 Å². The van der Waals surface area contributed by atoms with Gasteiger partial charge in [0.25, 0.3) is 0 Å². The Labute approximate surface area is 148 Å². The van der Waals surface area contributed by atoms with Crippen molar-refractivity contribution in [2.24, 2.45) is 0 Å². The molecule has 2 aromatic rings. The van der Waals surface area contributed by atoms with E-state index < -0.39 is 19.2 Å². The summed E-state index contributed by atoms with van der Waals surface area (Å²) in [6.45, 7) is 3.85. The van der Waals surface area contributed by atoms with E-state index in [-0.39, 0.29) is 19.8 Å². The average Bonchev–Trinajstić information content (AvgIpc) is 2.63. The maximum Gasteiger partial charge on any atom is 0.367 e. The Morgan fingerprint density at radius 3 is 1.96 bits per heavy atom. The standard InChI is InChI=1S/C19H23O5P/c1-3-23-25(21,24-4-2)19(18(20)17-13-9-6-10-14-17)22-15-16-11-7-5-8-12-16/h5-14,19H,3-4,15H2,1-2H3. The predicted molar refractivity (Wildman–Crippen MR) is 96.7 cm³/mol. The summed E-state index contributed by atoms with van der Waals surface area (Å²) in [6.07, 6.45) is 0. The van der Waals surface area contributed by atoms with E-state index in [0.29, 0.717) is 5.56 Å². The highest BCUT2D eigenvalue weighted by Crippen LogP contribution is 2.54. The van der Waals surface area contributed by atoms with Crippen LogP contribution in [0.5, 0.6) is 0 Å². The van der Waals surface area contributed by atoms with Crippen LogP contribution < -0.4 is 0 Å². The minimum Gasteiger partial charge on any atom is -0.353 e. The molecule has 0 bridgehead atoms. The van der Waals surface area contributed by atoms with Crippen LogP contribution in [0.1, 0.15) is 29.8 Å². The molecule has 0 aromatic heterocycles. The van der Waals surface area contributed by atoms with E-state index >= 15 is 0 Å². The van der Waals surface area contributed by atoms with Gasteiger partial charge in [0.1, 0.15) is 0 Å². The Bertz CT molecular complexity index is 692. The molecule has 0 fully saturated rings. The summed E-state index contributed by atoms with van der Waals surface area (Å²) >= 11 is 0. The van der Waals surface area contributed by atoms with Gasteiger partial charge in [-0.15, -0.1) is 0 Å². The Hall–Kier alpha value is -1.78. The third-order valence-electron chi connectivity index (χ3n) is 3.44. The molecule has 0 radical (unpaired) electrons. The van der Waals surface area contributed by atoms with E-state index in [0.717, 1.165) is 5.56 Å². The summed E-state index contributed by atoms with van der Waals surface area (Å²) in [5.41, 5.74) is 1.27. The van der Waals surface area contributed by atoms with Crippen LogP contribution in [-0.4, -0.2) is 24.8 Å². The van der Waals surface area contributed by atoms with Gasteiger partial charge in [-0.1, -0.05) is 60.7 Å². The van der Waals surface area contributed by atoms with Gasteiger partial charge in [0.15, 0.2) is 0 Å². The molecule has 0 saturated heterocycles. The molecule has 0 saturated carbocycles. The molecule has 134 valence electrons. The Kier molecular flexibility index (Phi) is 7.53. The van der Waals surface area contributed by atoms with Crippen LogP contribution in [0, 0.1) is 0 Å². The molecule has 6 heteroatoms. The second kappa shape index (κ2) is 9.64.